The summed E-state index contributed by atoms with van der Waals surface area (Å²) in [5, 5.41) is 0. The van der Waals surface area contributed by atoms with E-state index in [1.165, 1.54) is 6.42 Å². The zero-order valence-electron chi connectivity index (χ0n) is 11.1. The number of hydrogen-bond donors (Lipinski definition) is 1. The van der Waals surface area contributed by atoms with Gasteiger partial charge in [-0.2, -0.15) is 0 Å². The van der Waals surface area contributed by atoms with E-state index in [4.69, 9.17) is 5.73 Å². The van der Waals surface area contributed by atoms with E-state index in [2.05, 4.69) is 20.8 Å². The zero-order chi connectivity index (χ0) is 12.2. The van der Waals surface area contributed by atoms with Crippen molar-refractivity contribution in [1.29, 1.82) is 0 Å². The van der Waals surface area contributed by atoms with E-state index in [1.807, 2.05) is 0 Å². The fourth-order valence-corrected chi connectivity index (χ4v) is 2.46. The largest absolute Gasteiger partial charge is 0.330 e. The van der Waals surface area contributed by atoms with Gasteiger partial charge in [-0.1, -0.05) is 27.2 Å². The summed E-state index contributed by atoms with van der Waals surface area (Å²) in [6, 6.07) is 0. The molecule has 1 aliphatic rings. The Bertz CT molecular complexity index is 225. The lowest BCUT2D eigenvalue weighted by Crippen LogP contribution is -2.27. The highest BCUT2D eigenvalue weighted by Crippen LogP contribution is 2.34. The lowest BCUT2D eigenvalue weighted by Gasteiger charge is -2.31. The van der Waals surface area contributed by atoms with Crippen LogP contribution < -0.4 is 5.73 Å². The SMILES string of the molecule is CC(C)(C)C(CCN)CCC(=O)C1CCC1. The van der Waals surface area contributed by atoms with Gasteiger partial charge in [0.25, 0.3) is 0 Å². The average molecular weight is 225 g/mol. The molecule has 0 saturated heterocycles. The summed E-state index contributed by atoms with van der Waals surface area (Å²) >= 11 is 0. The van der Waals surface area contributed by atoms with Crippen LogP contribution in [0, 0.1) is 17.3 Å². The van der Waals surface area contributed by atoms with Gasteiger partial charge >= 0.3 is 0 Å². The summed E-state index contributed by atoms with van der Waals surface area (Å²) in [5.41, 5.74) is 5.92. The van der Waals surface area contributed by atoms with Crippen LogP contribution in [0.3, 0.4) is 0 Å². The maximum Gasteiger partial charge on any atom is 0.135 e. The summed E-state index contributed by atoms with van der Waals surface area (Å²) < 4.78 is 0. The quantitative estimate of drug-likeness (QED) is 0.754. The van der Waals surface area contributed by atoms with Crippen LogP contribution in [0.5, 0.6) is 0 Å². The second-order valence-corrected chi connectivity index (χ2v) is 6.27. The van der Waals surface area contributed by atoms with Crippen molar-refractivity contribution < 1.29 is 4.79 Å². The topological polar surface area (TPSA) is 43.1 Å². The Balaban J connectivity index is 2.34. The predicted molar refractivity (Wildman–Crippen MR) is 68.2 cm³/mol. The monoisotopic (exact) mass is 225 g/mol. The Labute approximate surface area is 100.0 Å². The molecule has 1 unspecified atom stereocenters. The van der Waals surface area contributed by atoms with Crippen LogP contribution in [0.15, 0.2) is 0 Å². The third kappa shape index (κ3) is 3.89. The number of nitrogens with two attached hydrogens (primary N) is 1. The molecule has 0 heterocycles. The number of carbonyl (C=O) groups is 1. The van der Waals surface area contributed by atoms with Gasteiger partial charge in [0.2, 0.25) is 0 Å². The van der Waals surface area contributed by atoms with E-state index in [1.54, 1.807) is 0 Å². The molecule has 0 aromatic rings. The van der Waals surface area contributed by atoms with Crippen LogP contribution in [-0.2, 0) is 4.79 Å². The second kappa shape index (κ2) is 5.81. The molecule has 0 aromatic carbocycles. The zero-order valence-corrected chi connectivity index (χ0v) is 11.1. The molecule has 0 bridgehead atoms. The Morgan fingerprint density at radius 3 is 2.31 bits per heavy atom. The fraction of sp³-hybridized carbons (Fsp3) is 0.929. The van der Waals surface area contributed by atoms with Gasteiger partial charge in [0.1, 0.15) is 5.78 Å². The molecule has 1 rings (SSSR count). The van der Waals surface area contributed by atoms with Gasteiger partial charge in [-0.15, -0.1) is 0 Å². The van der Waals surface area contributed by atoms with Gasteiger partial charge in [-0.05, 0) is 43.6 Å². The molecule has 1 fully saturated rings. The molecule has 0 aliphatic heterocycles. The normalized spacial score (nSPS) is 19.2. The highest BCUT2D eigenvalue weighted by atomic mass is 16.1. The average Bonchev–Trinajstić information content (AvgIpc) is 2.07. The third-order valence-electron chi connectivity index (χ3n) is 4.04. The number of hydrogen-bond acceptors (Lipinski definition) is 2. The van der Waals surface area contributed by atoms with Crippen molar-refractivity contribution in [2.45, 2.75) is 59.3 Å². The first-order valence-electron chi connectivity index (χ1n) is 6.68. The molecule has 0 aromatic heterocycles. The maximum atomic E-state index is 11.8. The molecule has 0 spiro atoms. The summed E-state index contributed by atoms with van der Waals surface area (Å²) in [4.78, 5) is 11.8. The molecule has 94 valence electrons. The van der Waals surface area contributed by atoms with Crippen LogP contribution in [0.2, 0.25) is 0 Å². The summed E-state index contributed by atoms with van der Waals surface area (Å²) in [6.07, 6.45) is 6.36. The van der Waals surface area contributed by atoms with Crippen LogP contribution >= 0.6 is 0 Å². The van der Waals surface area contributed by atoms with Crippen LogP contribution in [-0.4, -0.2) is 12.3 Å². The van der Waals surface area contributed by atoms with E-state index in [9.17, 15) is 4.79 Å². The highest BCUT2D eigenvalue weighted by Gasteiger charge is 2.28. The van der Waals surface area contributed by atoms with Crippen molar-refractivity contribution in [2.75, 3.05) is 6.54 Å². The van der Waals surface area contributed by atoms with Gasteiger partial charge < -0.3 is 5.73 Å². The first-order chi connectivity index (χ1) is 7.45. The standard InChI is InChI=1S/C14H27NO/c1-14(2,3)12(9-10-15)7-8-13(16)11-5-4-6-11/h11-12H,4-10,15H2,1-3H3. The Hall–Kier alpha value is -0.370. The second-order valence-electron chi connectivity index (χ2n) is 6.27. The van der Waals surface area contributed by atoms with E-state index >= 15 is 0 Å². The van der Waals surface area contributed by atoms with E-state index < -0.39 is 0 Å². The molecular weight excluding hydrogens is 198 g/mol. The van der Waals surface area contributed by atoms with Crippen molar-refractivity contribution >= 4 is 5.78 Å². The fourth-order valence-electron chi connectivity index (χ4n) is 2.46. The first kappa shape index (κ1) is 13.7. The molecule has 16 heavy (non-hydrogen) atoms. The molecule has 0 radical (unpaired) electrons. The third-order valence-corrected chi connectivity index (χ3v) is 4.04. The van der Waals surface area contributed by atoms with E-state index in [0.29, 0.717) is 17.6 Å². The Morgan fingerprint density at radius 2 is 1.94 bits per heavy atom. The van der Waals surface area contributed by atoms with Gasteiger partial charge in [0.15, 0.2) is 0 Å². The molecule has 2 N–H and O–H groups in total. The lowest BCUT2D eigenvalue weighted by atomic mass is 9.74. The minimum Gasteiger partial charge on any atom is -0.330 e. The summed E-state index contributed by atoms with van der Waals surface area (Å²) in [6.45, 7) is 7.49. The van der Waals surface area contributed by atoms with Crippen LogP contribution in [0.4, 0.5) is 0 Å². The maximum absolute atomic E-state index is 11.8. The van der Waals surface area contributed by atoms with Gasteiger partial charge in [-0.3, -0.25) is 4.79 Å². The lowest BCUT2D eigenvalue weighted by molar-refractivity contribution is -0.125. The van der Waals surface area contributed by atoms with Crippen molar-refractivity contribution in [3.8, 4) is 0 Å². The van der Waals surface area contributed by atoms with Gasteiger partial charge in [0.05, 0.1) is 0 Å². The predicted octanol–water partition coefficient (Wildman–Crippen LogP) is 3.15. The smallest absolute Gasteiger partial charge is 0.135 e. The summed E-state index contributed by atoms with van der Waals surface area (Å²) in [7, 11) is 0. The van der Waals surface area contributed by atoms with Crippen molar-refractivity contribution in [1.82, 2.24) is 0 Å². The van der Waals surface area contributed by atoms with Crippen molar-refractivity contribution in [3.63, 3.8) is 0 Å². The molecule has 0 amide bonds. The van der Waals surface area contributed by atoms with Gasteiger partial charge in [0, 0.05) is 12.3 Å². The molecule has 1 aliphatic carbocycles. The Morgan fingerprint density at radius 1 is 1.31 bits per heavy atom. The Kier molecular flexibility index (Phi) is 4.97. The molecule has 2 heteroatoms. The number of ketones is 1. The minimum absolute atomic E-state index is 0.277. The number of Topliss-reactive ketones (excluding diaryl/α,β-unsaturated/α-hetero) is 1. The highest BCUT2D eigenvalue weighted by molar-refractivity contribution is 5.81. The van der Waals surface area contributed by atoms with Crippen LogP contribution in [0.25, 0.3) is 0 Å². The first-order valence-corrected chi connectivity index (χ1v) is 6.68. The minimum atomic E-state index is 0.277. The number of rotatable bonds is 6. The van der Waals surface area contributed by atoms with E-state index in [0.717, 1.165) is 38.6 Å². The van der Waals surface area contributed by atoms with E-state index in [-0.39, 0.29) is 5.41 Å². The molecular formula is C14H27NO. The molecule has 2 nitrogen and oxygen atoms in total. The molecule has 1 atom stereocenters. The van der Waals surface area contributed by atoms with Gasteiger partial charge in [-0.25, -0.2) is 0 Å². The van der Waals surface area contributed by atoms with Crippen molar-refractivity contribution in [3.05, 3.63) is 0 Å². The van der Waals surface area contributed by atoms with Crippen LogP contribution in [0.1, 0.15) is 59.3 Å². The summed E-state index contributed by atoms with van der Waals surface area (Å²) in [5.74, 6) is 1.48. The van der Waals surface area contributed by atoms with Crippen molar-refractivity contribution in [2.24, 2.45) is 23.0 Å². The number of carbonyl (C=O) groups excluding carboxylic acids is 1. The molecule has 1 saturated carbocycles.